The van der Waals surface area contributed by atoms with E-state index in [0.29, 0.717) is 6.54 Å². The molecule has 0 unspecified atom stereocenters. The summed E-state index contributed by atoms with van der Waals surface area (Å²) in [5.74, 6) is -1.31. The van der Waals surface area contributed by atoms with Gasteiger partial charge < -0.3 is 20.3 Å². The monoisotopic (exact) mass is 415 g/mol. The van der Waals surface area contributed by atoms with Crippen molar-refractivity contribution in [3.8, 4) is 0 Å². The highest BCUT2D eigenvalue weighted by Gasteiger charge is 2.72. The van der Waals surface area contributed by atoms with Gasteiger partial charge in [-0.3, -0.25) is 14.4 Å². The minimum Gasteiger partial charge on any atom is -0.359 e. The fourth-order valence-corrected chi connectivity index (χ4v) is 5.91. The lowest BCUT2D eigenvalue weighted by molar-refractivity contribution is -0.142. The van der Waals surface area contributed by atoms with Crippen molar-refractivity contribution in [3.05, 3.63) is 12.2 Å². The van der Waals surface area contributed by atoms with Crippen LogP contribution in [0.4, 0.5) is 0 Å². The van der Waals surface area contributed by atoms with Crippen LogP contribution >= 0.6 is 0 Å². The average Bonchev–Trinajstić information content (AvgIpc) is 3.25. The maximum atomic E-state index is 13.6. The second-order valence-electron chi connectivity index (χ2n) is 10.2. The molecule has 5 rings (SSSR count). The molecule has 4 fully saturated rings. The van der Waals surface area contributed by atoms with Crippen LogP contribution in [-0.4, -0.2) is 59.0 Å². The fraction of sp³-hybridized carbons (Fsp3) is 0.783. The van der Waals surface area contributed by atoms with Gasteiger partial charge >= 0.3 is 0 Å². The van der Waals surface area contributed by atoms with Crippen LogP contribution in [0.1, 0.15) is 58.8 Å². The van der Waals surface area contributed by atoms with E-state index in [2.05, 4.69) is 10.6 Å². The van der Waals surface area contributed by atoms with E-state index < -0.39 is 29.6 Å². The summed E-state index contributed by atoms with van der Waals surface area (Å²) in [6, 6.07) is -0.321. The number of nitrogens with zero attached hydrogens (tertiary/aromatic N) is 1. The highest BCUT2D eigenvalue weighted by molar-refractivity contribution is 6.00. The number of fused-ring (bicyclic) bond motifs is 1. The molecule has 2 bridgehead atoms. The van der Waals surface area contributed by atoms with Gasteiger partial charge in [-0.05, 0) is 31.6 Å². The van der Waals surface area contributed by atoms with Crippen molar-refractivity contribution in [2.45, 2.75) is 88.6 Å². The lowest BCUT2D eigenvalue weighted by Gasteiger charge is -2.34. The number of carbonyl (C=O) groups is 3. The van der Waals surface area contributed by atoms with E-state index >= 15 is 0 Å². The molecular weight excluding hydrogens is 382 g/mol. The third kappa shape index (κ3) is 3.17. The summed E-state index contributed by atoms with van der Waals surface area (Å²) in [4.78, 5) is 41.8. The second kappa shape index (κ2) is 7.36. The molecule has 3 aliphatic heterocycles. The van der Waals surface area contributed by atoms with Crippen molar-refractivity contribution in [1.82, 2.24) is 15.5 Å². The van der Waals surface area contributed by atoms with Gasteiger partial charge in [0.25, 0.3) is 0 Å². The van der Waals surface area contributed by atoms with E-state index in [9.17, 15) is 14.4 Å². The van der Waals surface area contributed by atoms with Gasteiger partial charge in [-0.1, -0.05) is 45.3 Å². The molecule has 0 aromatic heterocycles. The van der Waals surface area contributed by atoms with Crippen LogP contribution in [-0.2, 0) is 19.1 Å². The van der Waals surface area contributed by atoms with E-state index in [1.54, 1.807) is 4.90 Å². The van der Waals surface area contributed by atoms with E-state index in [-0.39, 0.29) is 35.7 Å². The molecule has 1 spiro atoms. The van der Waals surface area contributed by atoms with E-state index in [1.807, 2.05) is 26.0 Å². The van der Waals surface area contributed by atoms with E-state index in [4.69, 9.17) is 4.74 Å². The summed E-state index contributed by atoms with van der Waals surface area (Å²) in [6.07, 6.45) is 10.8. The fourth-order valence-electron chi connectivity index (χ4n) is 5.91. The molecule has 2 N–H and O–H groups in total. The van der Waals surface area contributed by atoms with Gasteiger partial charge in [0.15, 0.2) is 0 Å². The number of carbonyl (C=O) groups excluding carboxylic acids is 3. The molecule has 0 aromatic rings. The third-order valence-electron chi connectivity index (χ3n) is 7.36. The Hall–Kier alpha value is -1.89. The molecule has 2 saturated carbocycles. The highest BCUT2D eigenvalue weighted by atomic mass is 16.5. The van der Waals surface area contributed by atoms with Gasteiger partial charge in [-0.2, -0.15) is 0 Å². The van der Waals surface area contributed by atoms with Crippen LogP contribution in [0.25, 0.3) is 0 Å². The summed E-state index contributed by atoms with van der Waals surface area (Å²) in [5, 5.41) is 6.27. The van der Waals surface area contributed by atoms with Crippen molar-refractivity contribution in [1.29, 1.82) is 0 Å². The van der Waals surface area contributed by atoms with Gasteiger partial charge in [-0.25, -0.2) is 0 Å². The van der Waals surface area contributed by atoms with Crippen LogP contribution in [0.2, 0.25) is 0 Å². The number of amides is 3. The normalized spacial score (nSPS) is 37.7. The molecule has 0 radical (unpaired) electrons. The van der Waals surface area contributed by atoms with Gasteiger partial charge in [0, 0.05) is 18.6 Å². The lowest BCUT2D eigenvalue weighted by atomic mass is 9.74. The molecule has 30 heavy (non-hydrogen) atoms. The van der Waals surface area contributed by atoms with Crippen LogP contribution < -0.4 is 10.6 Å². The van der Waals surface area contributed by atoms with Crippen molar-refractivity contribution in [2.24, 2.45) is 17.8 Å². The predicted molar refractivity (Wildman–Crippen MR) is 110 cm³/mol. The molecule has 0 aromatic carbocycles. The number of likely N-dealkylation sites (tertiary alicyclic amines) is 1. The Morgan fingerprint density at radius 2 is 1.77 bits per heavy atom. The molecule has 5 aliphatic rings. The first-order valence-electron chi connectivity index (χ1n) is 11.7. The molecule has 5 atom stereocenters. The number of nitrogens with one attached hydrogen (secondary N) is 2. The Kier molecular flexibility index (Phi) is 4.92. The van der Waals surface area contributed by atoms with Crippen LogP contribution in [0.5, 0.6) is 0 Å². The molecule has 164 valence electrons. The smallest absolute Gasteiger partial charge is 0.246 e. The van der Waals surface area contributed by atoms with Gasteiger partial charge in [0.1, 0.15) is 11.6 Å². The zero-order valence-corrected chi connectivity index (χ0v) is 17.9. The molecule has 3 amide bonds. The largest absolute Gasteiger partial charge is 0.359 e. The number of ether oxygens (including phenoxy) is 1. The summed E-state index contributed by atoms with van der Waals surface area (Å²) in [6.45, 7) is 4.57. The van der Waals surface area contributed by atoms with Gasteiger partial charge in [0.2, 0.25) is 17.7 Å². The van der Waals surface area contributed by atoms with Crippen LogP contribution in [0, 0.1) is 17.8 Å². The zero-order valence-electron chi connectivity index (χ0n) is 17.9. The number of rotatable bonds is 6. The van der Waals surface area contributed by atoms with Crippen molar-refractivity contribution in [3.63, 3.8) is 0 Å². The van der Waals surface area contributed by atoms with Crippen LogP contribution in [0.3, 0.4) is 0 Å². The highest BCUT2D eigenvalue weighted by Crippen LogP contribution is 2.55. The van der Waals surface area contributed by atoms with Crippen molar-refractivity contribution >= 4 is 17.7 Å². The van der Waals surface area contributed by atoms with Crippen molar-refractivity contribution in [2.75, 3.05) is 6.54 Å². The average molecular weight is 416 g/mol. The molecule has 7 nitrogen and oxygen atoms in total. The Morgan fingerprint density at radius 1 is 1.10 bits per heavy atom. The maximum Gasteiger partial charge on any atom is 0.246 e. The SMILES string of the molecule is CC(C)CN1C(=O)[C@H]2[C@@H](C(=O)NC3CC3)[C@H]3C=C[C@]2(O3)[C@@H]1C(=O)NC1CCCCC1. The number of hydrogen-bond acceptors (Lipinski definition) is 4. The van der Waals surface area contributed by atoms with Gasteiger partial charge in [0.05, 0.1) is 17.9 Å². The lowest BCUT2D eigenvalue weighted by Crippen LogP contribution is -2.57. The summed E-state index contributed by atoms with van der Waals surface area (Å²) >= 11 is 0. The minimum absolute atomic E-state index is 0.107. The molecule has 2 aliphatic carbocycles. The van der Waals surface area contributed by atoms with E-state index in [1.165, 1.54) is 6.42 Å². The molecule has 7 heteroatoms. The molecule has 2 saturated heterocycles. The Bertz CT molecular complexity index is 770. The summed E-state index contributed by atoms with van der Waals surface area (Å²) < 4.78 is 6.33. The first-order chi connectivity index (χ1) is 14.4. The van der Waals surface area contributed by atoms with E-state index in [0.717, 1.165) is 38.5 Å². The Labute approximate surface area is 178 Å². The summed E-state index contributed by atoms with van der Waals surface area (Å²) in [7, 11) is 0. The van der Waals surface area contributed by atoms with Crippen LogP contribution in [0.15, 0.2) is 12.2 Å². The Balaban J connectivity index is 1.44. The van der Waals surface area contributed by atoms with Crippen molar-refractivity contribution < 1.29 is 19.1 Å². The quantitative estimate of drug-likeness (QED) is 0.644. The minimum atomic E-state index is -1.03. The van der Waals surface area contributed by atoms with Gasteiger partial charge in [-0.15, -0.1) is 0 Å². The molecular formula is C23H33N3O4. The second-order valence-corrected chi connectivity index (χ2v) is 10.2. The zero-order chi connectivity index (χ0) is 21.0. The first-order valence-corrected chi connectivity index (χ1v) is 11.7. The first kappa shape index (κ1) is 20.0. The Morgan fingerprint density at radius 3 is 2.43 bits per heavy atom. The standard InChI is InChI=1S/C23H33N3O4/c1-13(2)12-26-19(21(28)25-14-6-4-3-5-7-14)23-11-10-16(30-23)17(18(23)22(26)29)20(27)24-15-8-9-15/h10-11,13-19H,3-9,12H2,1-2H3,(H,24,27)(H,25,28)/t16-,17+,18-,19+,23-/m1/s1. The maximum absolute atomic E-state index is 13.6. The predicted octanol–water partition coefficient (Wildman–Crippen LogP) is 1.52. The number of hydrogen-bond donors (Lipinski definition) is 2. The third-order valence-corrected chi connectivity index (χ3v) is 7.36. The molecule has 3 heterocycles. The summed E-state index contributed by atoms with van der Waals surface area (Å²) in [5.41, 5.74) is -1.03. The topological polar surface area (TPSA) is 87.7 Å².